The van der Waals surface area contributed by atoms with Gasteiger partial charge in [0.05, 0.1) is 15.5 Å². The van der Waals surface area contributed by atoms with E-state index >= 15 is 0 Å². The van der Waals surface area contributed by atoms with Crippen molar-refractivity contribution in [2.24, 2.45) is 0 Å². The zero-order chi connectivity index (χ0) is 15.6. The average Bonchev–Trinajstić information content (AvgIpc) is 2.85. The lowest BCUT2D eigenvalue weighted by molar-refractivity contribution is -0.380. The Labute approximate surface area is 126 Å². The van der Waals surface area contributed by atoms with Crippen LogP contribution in [0.1, 0.15) is 10.4 Å². The average molecular weight is 337 g/mol. The lowest BCUT2D eigenvalue weighted by Crippen LogP contribution is -2.07. The number of halogens is 4. The van der Waals surface area contributed by atoms with Gasteiger partial charge in [0.2, 0.25) is 0 Å². The van der Waals surface area contributed by atoms with Gasteiger partial charge in [-0.15, -0.1) is 0 Å². The fourth-order valence-corrected chi connectivity index (χ4v) is 2.59. The number of alkyl halides is 3. The summed E-state index contributed by atoms with van der Waals surface area (Å²) in [5.41, 5.74) is -0.686. The Morgan fingerprint density at radius 3 is 2.57 bits per heavy atom. The molecule has 21 heavy (non-hydrogen) atoms. The molecule has 0 saturated carbocycles. The van der Waals surface area contributed by atoms with Crippen LogP contribution in [0.4, 0.5) is 23.9 Å². The molecule has 0 unspecified atom stereocenters. The summed E-state index contributed by atoms with van der Waals surface area (Å²) < 4.78 is 38.1. The number of benzene rings is 1. The first kappa shape index (κ1) is 15.6. The molecule has 1 aromatic heterocycles. The van der Waals surface area contributed by atoms with Crippen molar-refractivity contribution in [1.82, 2.24) is 0 Å². The Bertz CT molecular complexity index is 673. The van der Waals surface area contributed by atoms with Gasteiger partial charge in [-0.3, -0.25) is 10.1 Å². The van der Waals surface area contributed by atoms with E-state index in [1.165, 1.54) is 12.1 Å². The fourth-order valence-electron chi connectivity index (χ4n) is 1.60. The van der Waals surface area contributed by atoms with Gasteiger partial charge in [-0.25, -0.2) is 0 Å². The normalized spacial score (nSPS) is 11.4. The van der Waals surface area contributed by atoms with Crippen molar-refractivity contribution in [3.63, 3.8) is 0 Å². The first-order chi connectivity index (χ1) is 9.77. The highest BCUT2D eigenvalue weighted by Crippen LogP contribution is 2.36. The first-order valence-corrected chi connectivity index (χ1v) is 6.80. The van der Waals surface area contributed by atoms with Crippen LogP contribution < -0.4 is 5.32 Å². The molecule has 4 nitrogen and oxygen atoms in total. The van der Waals surface area contributed by atoms with Crippen LogP contribution in [0, 0.1) is 10.1 Å². The summed E-state index contributed by atoms with van der Waals surface area (Å²) in [5, 5.41) is 12.9. The maximum Gasteiger partial charge on any atom is 0.417 e. The minimum Gasteiger partial charge on any atom is -0.380 e. The Morgan fingerprint density at radius 2 is 2.00 bits per heavy atom. The number of hydrogen-bond donors (Lipinski definition) is 1. The summed E-state index contributed by atoms with van der Waals surface area (Å²) in [6.07, 6.45) is -4.53. The van der Waals surface area contributed by atoms with E-state index in [0.29, 0.717) is 4.88 Å². The molecule has 0 fully saturated rings. The second-order valence-corrected chi connectivity index (χ2v) is 5.60. The first-order valence-electron chi connectivity index (χ1n) is 5.61. The minimum atomic E-state index is -4.53. The van der Waals surface area contributed by atoms with Gasteiger partial charge in [0.1, 0.15) is 0 Å². The molecule has 2 aromatic rings. The summed E-state index contributed by atoms with van der Waals surface area (Å²) >= 11 is 6.48. The molecule has 9 heteroatoms. The second-order valence-electron chi connectivity index (χ2n) is 4.04. The number of nitrogens with one attached hydrogen (secondary N) is 1. The van der Waals surface area contributed by atoms with Crippen LogP contribution in [-0.4, -0.2) is 4.92 Å². The van der Waals surface area contributed by atoms with E-state index in [1.807, 2.05) is 0 Å². The molecule has 1 aromatic carbocycles. The molecule has 0 aliphatic heterocycles. The molecule has 112 valence electrons. The fraction of sp³-hybridized carbons (Fsp3) is 0.167. The van der Waals surface area contributed by atoms with Gasteiger partial charge < -0.3 is 5.32 Å². The van der Waals surface area contributed by atoms with Crippen LogP contribution >= 0.6 is 22.9 Å². The number of hydrogen-bond acceptors (Lipinski definition) is 4. The van der Waals surface area contributed by atoms with Crippen LogP contribution in [0.3, 0.4) is 0 Å². The van der Waals surface area contributed by atoms with Crippen LogP contribution in [-0.2, 0) is 12.7 Å². The van der Waals surface area contributed by atoms with E-state index in [9.17, 15) is 23.3 Å². The highest BCUT2D eigenvalue weighted by molar-refractivity contribution is 7.15. The molecule has 0 amide bonds. The predicted octanol–water partition coefficient (Wildman–Crippen LogP) is 4.94. The second kappa shape index (κ2) is 5.90. The molecule has 2 rings (SSSR count). The Morgan fingerprint density at radius 1 is 1.29 bits per heavy atom. The molecule has 1 N–H and O–H groups in total. The van der Waals surface area contributed by atoms with Gasteiger partial charge in [0.25, 0.3) is 0 Å². The van der Waals surface area contributed by atoms with Crippen molar-refractivity contribution in [2.45, 2.75) is 12.7 Å². The number of rotatable bonds is 4. The van der Waals surface area contributed by atoms with Crippen molar-refractivity contribution in [2.75, 3.05) is 5.32 Å². The lowest BCUT2D eigenvalue weighted by atomic mass is 10.2. The highest BCUT2D eigenvalue weighted by Gasteiger charge is 2.33. The third-order valence-electron chi connectivity index (χ3n) is 2.57. The third kappa shape index (κ3) is 3.85. The maximum absolute atomic E-state index is 12.7. The van der Waals surface area contributed by atoms with Gasteiger partial charge >= 0.3 is 11.2 Å². The van der Waals surface area contributed by atoms with Gasteiger partial charge in [-0.05, 0) is 24.3 Å². The summed E-state index contributed by atoms with van der Waals surface area (Å²) in [6.45, 7) is 0.192. The van der Waals surface area contributed by atoms with Crippen molar-refractivity contribution in [3.05, 3.63) is 55.9 Å². The predicted molar refractivity (Wildman–Crippen MR) is 74.8 cm³/mol. The topological polar surface area (TPSA) is 55.2 Å². The summed E-state index contributed by atoms with van der Waals surface area (Å²) in [4.78, 5) is 10.7. The van der Waals surface area contributed by atoms with Crippen LogP contribution in [0.5, 0.6) is 0 Å². The van der Waals surface area contributed by atoms with Crippen molar-refractivity contribution < 1.29 is 18.1 Å². The SMILES string of the molecule is O=[N+]([O-])c1ccc(CNc2ccc(Cl)c(C(F)(F)F)c2)s1. The van der Waals surface area contributed by atoms with Crippen molar-refractivity contribution >= 4 is 33.6 Å². The Hall–Kier alpha value is -1.80. The van der Waals surface area contributed by atoms with E-state index in [4.69, 9.17) is 11.6 Å². The molecule has 0 spiro atoms. The summed E-state index contributed by atoms with van der Waals surface area (Å²) in [7, 11) is 0. The van der Waals surface area contributed by atoms with E-state index in [2.05, 4.69) is 5.32 Å². The number of anilines is 1. The van der Waals surface area contributed by atoms with Crippen LogP contribution in [0.25, 0.3) is 0 Å². The lowest BCUT2D eigenvalue weighted by Gasteiger charge is -2.11. The number of nitrogens with zero attached hydrogens (tertiary/aromatic N) is 1. The summed E-state index contributed by atoms with van der Waals surface area (Å²) in [6, 6.07) is 6.38. The van der Waals surface area contributed by atoms with E-state index in [1.54, 1.807) is 6.07 Å². The molecule has 0 aliphatic rings. The molecular weight excluding hydrogens is 329 g/mol. The van der Waals surface area contributed by atoms with Gasteiger partial charge in [0, 0.05) is 23.2 Å². The molecule has 0 radical (unpaired) electrons. The quantitative estimate of drug-likeness (QED) is 0.635. The molecule has 0 atom stereocenters. The smallest absolute Gasteiger partial charge is 0.380 e. The highest BCUT2D eigenvalue weighted by atomic mass is 35.5. The standard InChI is InChI=1S/C12H8ClF3N2O2S/c13-10-3-1-7(5-9(10)12(14,15)16)17-6-8-2-4-11(21-8)18(19)20/h1-5,17H,6H2. The third-order valence-corrected chi connectivity index (χ3v) is 3.93. The Balaban J connectivity index is 2.11. The van der Waals surface area contributed by atoms with Crippen molar-refractivity contribution in [1.29, 1.82) is 0 Å². The summed E-state index contributed by atoms with van der Waals surface area (Å²) in [5.74, 6) is 0. The van der Waals surface area contributed by atoms with E-state index in [-0.39, 0.29) is 22.3 Å². The molecular formula is C12H8ClF3N2O2S. The maximum atomic E-state index is 12.7. The molecule has 0 saturated heterocycles. The van der Waals surface area contributed by atoms with Gasteiger partial charge in [-0.2, -0.15) is 13.2 Å². The zero-order valence-corrected chi connectivity index (χ0v) is 11.9. The largest absolute Gasteiger partial charge is 0.417 e. The number of thiophene rings is 1. The van der Waals surface area contributed by atoms with Gasteiger partial charge in [-0.1, -0.05) is 22.9 Å². The molecule has 0 bridgehead atoms. The molecule has 1 heterocycles. The minimum absolute atomic E-state index is 0.0149. The monoisotopic (exact) mass is 336 g/mol. The van der Waals surface area contributed by atoms with Gasteiger partial charge in [0.15, 0.2) is 0 Å². The number of nitro groups is 1. The zero-order valence-electron chi connectivity index (χ0n) is 10.3. The van der Waals surface area contributed by atoms with E-state index in [0.717, 1.165) is 23.5 Å². The van der Waals surface area contributed by atoms with Crippen molar-refractivity contribution in [3.8, 4) is 0 Å². The molecule has 0 aliphatic carbocycles. The Kier molecular flexibility index (Phi) is 4.38. The van der Waals surface area contributed by atoms with E-state index < -0.39 is 16.7 Å². The van der Waals surface area contributed by atoms with Crippen LogP contribution in [0.15, 0.2) is 30.3 Å². The van der Waals surface area contributed by atoms with Crippen LogP contribution in [0.2, 0.25) is 5.02 Å².